The van der Waals surface area contributed by atoms with Crippen LogP contribution in [0.5, 0.6) is 0 Å². The summed E-state index contributed by atoms with van der Waals surface area (Å²) in [5, 5.41) is 3.94. The third-order valence-corrected chi connectivity index (χ3v) is 8.84. The summed E-state index contributed by atoms with van der Waals surface area (Å²) in [5.74, 6) is 1.24. The van der Waals surface area contributed by atoms with Gasteiger partial charge in [-0.2, -0.15) is 4.98 Å². The molecule has 9 heteroatoms. The van der Waals surface area contributed by atoms with E-state index in [-0.39, 0.29) is 23.0 Å². The van der Waals surface area contributed by atoms with E-state index >= 15 is 0 Å². The van der Waals surface area contributed by atoms with Gasteiger partial charge in [0.2, 0.25) is 21.8 Å². The van der Waals surface area contributed by atoms with Gasteiger partial charge in [-0.1, -0.05) is 31.3 Å². The Morgan fingerprint density at radius 2 is 1.93 bits per heavy atom. The fourth-order valence-electron chi connectivity index (χ4n) is 5.30. The molecular weight excluding hydrogens is 380 g/mol. The van der Waals surface area contributed by atoms with Gasteiger partial charge in [-0.15, -0.1) is 0 Å². The van der Waals surface area contributed by atoms with Crippen molar-refractivity contribution in [2.45, 2.75) is 58.3 Å². The van der Waals surface area contributed by atoms with Crippen LogP contribution in [0.25, 0.3) is 0 Å². The lowest BCUT2D eigenvalue weighted by Gasteiger charge is -2.36. The maximum atomic E-state index is 13.4. The van der Waals surface area contributed by atoms with E-state index in [9.17, 15) is 13.2 Å². The monoisotopic (exact) mass is 410 g/mol. The minimum Gasteiger partial charge on any atom is -0.341 e. The minimum absolute atomic E-state index is 0.0233. The lowest BCUT2D eigenvalue weighted by molar-refractivity contribution is -0.142. The van der Waals surface area contributed by atoms with Crippen molar-refractivity contribution in [1.29, 1.82) is 0 Å². The Morgan fingerprint density at radius 3 is 2.54 bits per heavy atom. The third kappa shape index (κ3) is 3.07. The minimum atomic E-state index is -3.31. The molecule has 3 heterocycles. The number of carbonyl (C=O) groups excluding carboxylic acids is 1. The van der Waals surface area contributed by atoms with Crippen LogP contribution >= 0.6 is 0 Å². The number of carbonyl (C=O) groups is 1. The van der Waals surface area contributed by atoms with E-state index in [0.29, 0.717) is 37.9 Å². The summed E-state index contributed by atoms with van der Waals surface area (Å²) in [6.45, 7) is 7.20. The molecule has 1 aromatic rings. The molecule has 156 valence electrons. The van der Waals surface area contributed by atoms with Crippen molar-refractivity contribution in [2.75, 3.05) is 31.9 Å². The summed E-state index contributed by atoms with van der Waals surface area (Å²) < 4.78 is 32.1. The lowest BCUT2D eigenvalue weighted by Crippen LogP contribution is -2.46. The number of hydrogen-bond acceptors (Lipinski definition) is 6. The Kier molecular flexibility index (Phi) is 4.81. The molecule has 0 spiro atoms. The number of fused-ring (bicyclic) bond motifs is 1. The zero-order valence-electron chi connectivity index (χ0n) is 17.0. The Labute approximate surface area is 166 Å². The summed E-state index contributed by atoms with van der Waals surface area (Å²) in [4.78, 5) is 19.8. The molecule has 0 radical (unpaired) electrons. The van der Waals surface area contributed by atoms with Gasteiger partial charge in [0.1, 0.15) is 0 Å². The van der Waals surface area contributed by atoms with E-state index in [1.807, 2.05) is 4.90 Å². The van der Waals surface area contributed by atoms with Gasteiger partial charge in [0.05, 0.1) is 11.2 Å². The van der Waals surface area contributed by atoms with Crippen LogP contribution in [0.2, 0.25) is 0 Å². The molecule has 3 fully saturated rings. The maximum Gasteiger partial charge on any atom is 0.236 e. The Hall–Kier alpha value is -1.48. The van der Waals surface area contributed by atoms with E-state index in [1.54, 1.807) is 18.2 Å². The summed E-state index contributed by atoms with van der Waals surface area (Å²) >= 11 is 0. The van der Waals surface area contributed by atoms with Gasteiger partial charge in [0.15, 0.2) is 5.82 Å². The molecule has 0 bridgehead atoms. The van der Waals surface area contributed by atoms with E-state index in [4.69, 9.17) is 4.52 Å². The molecule has 4 rings (SSSR count). The van der Waals surface area contributed by atoms with Crippen LogP contribution in [0.15, 0.2) is 4.52 Å². The van der Waals surface area contributed by atoms with Gasteiger partial charge >= 0.3 is 0 Å². The largest absolute Gasteiger partial charge is 0.341 e. The first-order valence-corrected chi connectivity index (χ1v) is 11.9. The van der Waals surface area contributed by atoms with E-state index in [2.05, 4.69) is 17.1 Å². The number of hydrogen-bond donors (Lipinski definition) is 0. The predicted molar refractivity (Wildman–Crippen MR) is 103 cm³/mol. The van der Waals surface area contributed by atoms with Crippen LogP contribution in [-0.4, -0.2) is 65.6 Å². The molecule has 2 atom stereocenters. The van der Waals surface area contributed by atoms with Crippen molar-refractivity contribution < 1.29 is 17.7 Å². The summed E-state index contributed by atoms with van der Waals surface area (Å²) in [6.07, 6.45) is 5.23. The van der Waals surface area contributed by atoms with E-state index in [1.165, 1.54) is 6.42 Å². The molecule has 1 saturated carbocycles. The molecule has 0 N–H and O–H groups in total. The second-order valence-electron chi connectivity index (χ2n) is 9.00. The SMILES string of the molecule is CCS(=O)(=O)N1C[C@@H]2CN(C(=O)C3(C)CCCCC3)C[C@]2(c2nc(C)no2)C1. The molecule has 1 aliphatic carbocycles. The van der Waals surface area contributed by atoms with Gasteiger partial charge in [-0.25, -0.2) is 12.7 Å². The highest BCUT2D eigenvalue weighted by molar-refractivity contribution is 7.89. The molecule has 2 aliphatic heterocycles. The topological polar surface area (TPSA) is 96.6 Å². The second kappa shape index (κ2) is 6.79. The number of aromatic nitrogens is 2. The predicted octanol–water partition coefficient (Wildman–Crippen LogP) is 1.71. The lowest BCUT2D eigenvalue weighted by atomic mass is 9.74. The Balaban J connectivity index is 1.64. The van der Waals surface area contributed by atoms with Crippen LogP contribution in [0.3, 0.4) is 0 Å². The van der Waals surface area contributed by atoms with E-state index < -0.39 is 15.4 Å². The molecule has 3 aliphatic rings. The van der Waals surface area contributed by atoms with Crippen LogP contribution in [0.1, 0.15) is 57.7 Å². The summed E-state index contributed by atoms with van der Waals surface area (Å²) in [6, 6.07) is 0. The average molecular weight is 411 g/mol. The number of aryl methyl sites for hydroxylation is 1. The number of likely N-dealkylation sites (tertiary alicyclic amines) is 1. The molecule has 1 amide bonds. The number of amides is 1. The van der Waals surface area contributed by atoms with Gasteiger partial charge in [0.25, 0.3) is 0 Å². The summed E-state index contributed by atoms with van der Waals surface area (Å²) in [5.41, 5.74) is -0.914. The first kappa shape index (κ1) is 19.8. The van der Waals surface area contributed by atoms with Gasteiger partial charge in [0, 0.05) is 37.5 Å². The smallest absolute Gasteiger partial charge is 0.236 e. The number of rotatable bonds is 4. The number of nitrogens with zero attached hydrogens (tertiary/aromatic N) is 4. The van der Waals surface area contributed by atoms with Gasteiger partial charge < -0.3 is 9.42 Å². The van der Waals surface area contributed by atoms with Crippen LogP contribution in [0.4, 0.5) is 0 Å². The van der Waals surface area contributed by atoms with Gasteiger partial charge in [-0.3, -0.25) is 4.79 Å². The Bertz CT molecular complexity index is 861. The fourth-order valence-corrected chi connectivity index (χ4v) is 6.50. The van der Waals surface area contributed by atoms with E-state index in [0.717, 1.165) is 25.7 Å². The van der Waals surface area contributed by atoms with Crippen LogP contribution in [0, 0.1) is 18.3 Å². The molecule has 1 aromatic heterocycles. The third-order valence-electron chi connectivity index (χ3n) is 7.05. The summed E-state index contributed by atoms with van der Waals surface area (Å²) in [7, 11) is -3.31. The van der Waals surface area contributed by atoms with Crippen LogP contribution in [-0.2, 0) is 20.2 Å². The zero-order chi connectivity index (χ0) is 20.2. The standard InChI is InChI=1S/C19H30N4O4S/c1-4-28(25,26)23-11-15-10-22(17(24)18(3)8-6-5-7-9-18)12-19(15,13-23)16-20-14(2)21-27-16/h15H,4-13H2,1-3H3/t15-,19-/m0/s1. The molecular formula is C19H30N4O4S. The Morgan fingerprint density at radius 1 is 1.21 bits per heavy atom. The van der Waals surface area contributed by atoms with Crippen molar-refractivity contribution in [3.8, 4) is 0 Å². The molecule has 0 unspecified atom stereocenters. The quantitative estimate of drug-likeness (QED) is 0.750. The highest BCUT2D eigenvalue weighted by atomic mass is 32.2. The highest BCUT2D eigenvalue weighted by Crippen LogP contribution is 2.47. The first-order chi connectivity index (χ1) is 13.2. The van der Waals surface area contributed by atoms with Gasteiger partial charge in [-0.05, 0) is 26.7 Å². The maximum absolute atomic E-state index is 13.4. The first-order valence-electron chi connectivity index (χ1n) is 10.3. The zero-order valence-corrected chi connectivity index (χ0v) is 17.8. The van der Waals surface area contributed by atoms with Crippen LogP contribution < -0.4 is 0 Å². The molecule has 28 heavy (non-hydrogen) atoms. The molecule has 2 saturated heterocycles. The average Bonchev–Trinajstić information content (AvgIpc) is 3.34. The molecule has 0 aromatic carbocycles. The van der Waals surface area contributed by atoms with Crippen molar-refractivity contribution in [1.82, 2.24) is 19.3 Å². The van der Waals surface area contributed by atoms with Crippen molar-refractivity contribution >= 4 is 15.9 Å². The fraction of sp³-hybridized carbons (Fsp3) is 0.842. The van der Waals surface area contributed by atoms with Crippen molar-refractivity contribution in [3.63, 3.8) is 0 Å². The van der Waals surface area contributed by atoms with Crippen molar-refractivity contribution in [2.24, 2.45) is 11.3 Å². The number of sulfonamides is 1. The molecule has 8 nitrogen and oxygen atoms in total. The highest BCUT2D eigenvalue weighted by Gasteiger charge is 2.60. The normalized spacial score (nSPS) is 30.5. The second-order valence-corrected chi connectivity index (χ2v) is 11.3. The van der Waals surface area contributed by atoms with Crippen molar-refractivity contribution in [3.05, 3.63) is 11.7 Å².